The number of anilines is 5. The predicted molar refractivity (Wildman–Crippen MR) is 321 cm³/mol. The first kappa shape index (κ1) is 61.4. The Morgan fingerprint density at radius 3 is 1.89 bits per heavy atom. The molecule has 1 aromatic carbocycles. The van der Waals surface area contributed by atoms with Crippen LogP contribution in [0.2, 0.25) is 0 Å². The molecule has 8 rings (SSSR count). The van der Waals surface area contributed by atoms with E-state index in [1.165, 1.54) is 63.9 Å². The number of nitrogen functional groups attached to an aromatic ring is 1. The van der Waals surface area contributed by atoms with E-state index in [0.29, 0.717) is 53.7 Å². The summed E-state index contributed by atoms with van der Waals surface area (Å²) in [5.74, 6) is -1.36. The van der Waals surface area contributed by atoms with E-state index in [0.717, 1.165) is 23.6 Å². The molecule has 0 saturated carbocycles. The first-order valence-corrected chi connectivity index (χ1v) is 29.2. The van der Waals surface area contributed by atoms with Crippen LogP contribution in [-0.4, -0.2) is 165 Å². The highest BCUT2D eigenvalue weighted by Crippen LogP contribution is 2.37. The maximum absolute atomic E-state index is 14.2. The number of ether oxygens (including phenoxy) is 4. The molecule has 7 heterocycles. The minimum absolute atomic E-state index is 0.0584. The molecular formula is C57H70N14O11S2. The number of hydrogen-bond acceptors (Lipinski definition) is 16. The van der Waals surface area contributed by atoms with Crippen molar-refractivity contribution in [1.82, 2.24) is 43.3 Å². The van der Waals surface area contributed by atoms with E-state index in [1.54, 1.807) is 88.4 Å². The number of nitrogens with two attached hydrogens (primary N) is 1. The van der Waals surface area contributed by atoms with Crippen LogP contribution in [0.5, 0.6) is 11.5 Å². The largest absolute Gasteiger partial charge is 0.493 e. The van der Waals surface area contributed by atoms with Crippen molar-refractivity contribution >= 4 is 91.6 Å². The minimum Gasteiger partial charge on any atom is -0.493 e. The van der Waals surface area contributed by atoms with Gasteiger partial charge >= 0.3 is 6.09 Å². The third kappa shape index (κ3) is 15.5. The number of pyridine rings is 1. The molecule has 25 nitrogen and oxygen atoms in total. The Hall–Kier alpha value is -8.66. The van der Waals surface area contributed by atoms with E-state index in [9.17, 15) is 33.6 Å². The number of nitrogens with zero attached hydrogens (tertiary/aromatic N) is 8. The Balaban J connectivity index is 0.781. The summed E-state index contributed by atoms with van der Waals surface area (Å²) >= 11 is 0. The van der Waals surface area contributed by atoms with Crippen LogP contribution in [0, 0.1) is 0 Å². The van der Waals surface area contributed by atoms with Gasteiger partial charge < -0.3 is 79.3 Å². The van der Waals surface area contributed by atoms with E-state index in [4.69, 9.17) is 24.7 Å². The van der Waals surface area contributed by atoms with E-state index in [-0.39, 0.29) is 90.9 Å². The van der Waals surface area contributed by atoms with Crippen molar-refractivity contribution in [2.24, 2.45) is 28.2 Å². The Morgan fingerprint density at radius 1 is 0.750 bits per heavy atom. The number of aryl methyl sites for hydroxylation is 4. The van der Waals surface area contributed by atoms with Gasteiger partial charge in [-0.25, -0.2) is 9.78 Å². The Labute approximate surface area is 493 Å². The van der Waals surface area contributed by atoms with Gasteiger partial charge in [0.05, 0.1) is 61.2 Å². The third-order valence-corrected chi connectivity index (χ3v) is 15.9. The summed E-state index contributed by atoms with van der Waals surface area (Å²) in [5.41, 5.74) is 10.2. The molecule has 0 bridgehead atoms. The Morgan fingerprint density at radius 2 is 1.33 bits per heavy atom. The second kappa shape index (κ2) is 28.1. The monoisotopic (exact) mass is 1190 g/mol. The number of hydrogen-bond donors (Lipinski definition) is 6. The SMILES string of the molecule is C=C1C[C@@H](C2OCCN2C(=O)OCCSSc2ccccn2)N(C(=O)c2cc(OC)c(OCCCC(=O)Nc3cc(C(=O)Nc4cc(C(=O)Nc5cc(C(=O)Nc6cc(C(=O)NCCCN(C)C)n(C)c6)n(C)c5)n(C)c4)n(C)c3)cc2N)C1. The number of carbonyl (C=O) groups excluding carboxylic acids is 7. The van der Waals surface area contributed by atoms with Crippen LogP contribution < -0.4 is 41.8 Å². The highest BCUT2D eigenvalue weighted by atomic mass is 33.1. The molecule has 27 heteroatoms. The van der Waals surface area contributed by atoms with Crippen molar-refractivity contribution in [2.45, 2.75) is 43.0 Å². The normalized spacial score (nSPS) is 14.8. The van der Waals surface area contributed by atoms with Gasteiger partial charge in [-0.3, -0.25) is 33.7 Å². The minimum atomic E-state index is -0.757. The fraction of sp³-hybridized carbons (Fsp3) is 0.368. The molecule has 2 aliphatic heterocycles. The van der Waals surface area contributed by atoms with Gasteiger partial charge in [-0.1, -0.05) is 29.0 Å². The van der Waals surface area contributed by atoms with Crippen LogP contribution in [0.3, 0.4) is 0 Å². The first-order chi connectivity index (χ1) is 40.3. The number of rotatable bonds is 25. The van der Waals surface area contributed by atoms with Crippen molar-refractivity contribution < 1.29 is 52.5 Å². The topological polar surface area (TPSA) is 285 Å². The number of carbonyl (C=O) groups is 7. The summed E-state index contributed by atoms with van der Waals surface area (Å²) in [6.45, 7) is 6.57. The van der Waals surface area contributed by atoms with Gasteiger partial charge in [0.2, 0.25) is 5.91 Å². The number of nitrogens with one attached hydrogen (secondary N) is 5. The summed E-state index contributed by atoms with van der Waals surface area (Å²) in [6.07, 6.45) is 8.40. The summed E-state index contributed by atoms with van der Waals surface area (Å²) in [5, 5.41) is 15.0. The zero-order valence-electron chi connectivity index (χ0n) is 47.9. The quantitative estimate of drug-likeness (QED) is 0.0159. The van der Waals surface area contributed by atoms with E-state index < -0.39 is 42.0 Å². The molecule has 2 aliphatic rings. The first-order valence-electron chi connectivity index (χ1n) is 26.9. The molecule has 2 saturated heterocycles. The van der Waals surface area contributed by atoms with Gasteiger partial charge in [0, 0.05) is 96.2 Å². The molecule has 7 amide bonds. The average Bonchev–Trinajstić information content (AvgIpc) is 4.55. The maximum Gasteiger partial charge on any atom is 0.412 e. The van der Waals surface area contributed by atoms with Crippen molar-refractivity contribution in [1.29, 1.82) is 0 Å². The molecule has 0 spiro atoms. The maximum atomic E-state index is 14.2. The van der Waals surface area contributed by atoms with E-state index in [2.05, 4.69) is 38.1 Å². The zero-order valence-corrected chi connectivity index (χ0v) is 49.5. The molecular weight excluding hydrogens is 1120 g/mol. The molecule has 2 fully saturated rings. The molecule has 7 N–H and O–H groups in total. The third-order valence-electron chi connectivity index (χ3n) is 13.7. The smallest absolute Gasteiger partial charge is 0.412 e. The number of benzene rings is 1. The van der Waals surface area contributed by atoms with Gasteiger partial charge in [0.15, 0.2) is 17.7 Å². The second-order valence-corrected chi connectivity index (χ2v) is 22.8. The number of methoxy groups -OCH3 is 1. The molecule has 446 valence electrons. The predicted octanol–water partition coefficient (Wildman–Crippen LogP) is 6.27. The van der Waals surface area contributed by atoms with Crippen molar-refractivity contribution in [3.63, 3.8) is 0 Å². The summed E-state index contributed by atoms with van der Waals surface area (Å²) in [4.78, 5) is 103. The molecule has 84 heavy (non-hydrogen) atoms. The lowest BCUT2D eigenvalue weighted by atomic mass is 10.1. The molecule has 0 radical (unpaired) electrons. The second-order valence-electron chi connectivity index (χ2n) is 20.4. The van der Waals surface area contributed by atoms with Gasteiger partial charge in [-0.2, -0.15) is 0 Å². The van der Waals surface area contributed by atoms with Crippen LogP contribution in [0.4, 0.5) is 33.2 Å². The van der Waals surface area contributed by atoms with Gasteiger partial charge in [-0.15, -0.1) is 0 Å². The van der Waals surface area contributed by atoms with Gasteiger partial charge in [0.25, 0.3) is 29.5 Å². The van der Waals surface area contributed by atoms with Crippen molar-refractivity contribution in [3.8, 4) is 11.5 Å². The summed E-state index contributed by atoms with van der Waals surface area (Å²) < 4.78 is 29.6. The lowest BCUT2D eigenvalue weighted by Gasteiger charge is -2.33. The zero-order chi connectivity index (χ0) is 60.2. The fourth-order valence-corrected chi connectivity index (χ4v) is 11.3. The van der Waals surface area contributed by atoms with Crippen LogP contribution >= 0.6 is 21.6 Å². The van der Waals surface area contributed by atoms with Gasteiger partial charge in [-0.05, 0) is 93.2 Å². The van der Waals surface area contributed by atoms with Crippen LogP contribution in [-0.2, 0) is 42.5 Å². The van der Waals surface area contributed by atoms with Crippen LogP contribution in [0.1, 0.15) is 78.0 Å². The highest BCUT2D eigenvalue weighted by Gasteiger charge is 2.45. The number of amides is 7. The van der Waals surface area contributed by atoms with Crippen molar-refractivity contribution in [2.75, 3.05) is 100.0 Å². The summed E-state index contributed by atoms with van der Waals surface area (Å²) in [7, 11) is 15.1. The van der Waals surface area contributed by atoms with Crippen LogP contribution in [0.25, 0.3) is 0 Å². The lowest BCUT2D eigenvalue weighted by Crippen LogP contribution is -2.51. The van der Waals surface area contributed by atoms with E-state index in [1.807, 2.05) is 37.2 Å². The molecule has 6 aromatic rings. The standard InChI is InChI=1S/C57H70N14O11S2/c1-35-23-46(56-70(18-20-81-56)57(78)82-21-22-83-84-50-14-9-10-15-59-50)71(30-35)55(77)40-28-47(79-8)48(29-41(40)58)80-19-11-13-49(72)61-36-24-43(67(5)31-36)52(74)63-38-26-45(69(7)33-38)54(76)64-39-27-44(68(6)34-39)53(75)62-37-25-42(66(4)32-37)51(73)60-16-12-17-65(2)3/h9-10,14-15,24-29,31-34,46,56H,1,11-13,16-23,30,58H2,2-8H3,(H,60,73)(H,61,72)(H,62,75)(H,63,74)(H,64,76)/t46-,56?/m0/s1. The Bertz CT molecular complexity index is 3410. The highest BCUT2D eigenvalue weighted by molar-refractivity contribution is 8.76. The van der Waals surface area contributed by atoms with Crippen molar-refractivity contribution in [3.05, 3.63) is 126 Å². The number of aromatic nitrogens is 5. The number of likely N-dealkylation sites (tertiary alicyclic amines) is 1. The lowest BCUT2D eigenvalue weighted by molar-refractivity contribution is -0.116. The molecule has 2 atom stereocenters. The molecule has 0 aliphatic carbocycles. The van der Waals surface area contributed by atoms with Crippen LogP contribution in [0.15, 0.2) is 103 Å². The van der Waals surface area contributed by atoms with Gasteiger partial charge in [0.1, 0.15) is 34.4 Å². The molecule has 5 aromatic heterocycles. The summed E-state index contributed by atoms with van der Waals surface area (Å²) in [6, 6.07) is 14.3. The average molecular weight is 1190 g/mol. The molecule has 1 unspecified atom stereocenters. The van der Waals surface area contributed by atoms with E-state index >= 15 is 0 Å². The Kier molecular flexibility index (Phi) is 20.5. The fourth-order valence-electron chi connectivity index (χ4n) is 9.59.